The predicted octanol–water partition coefficient (Wildman–Crippen LogP) is -0.141. The molecule has 2 atom stereocenters. The van der Waals surface area contributed by atoms with E-state index in [0.717, 1.165) is 0 Å². The van der Waals surface area contributed by atoms with E-state index < -0.39 is 6.10 Å². The molecule has 1 aliphatic rings. The number of imidazole rings is 1. The topological polar surface area (TPSA) is 108 Å². The van der Waals surface area contributed by atoms with Crippen molar-refractivity contribution in [1.82, 2.24) is 19.5 Å². The average Bonchev–Trinajstić information content (AvgIpc) is 2.93. The third-order valence-corrected chi connectivity index (χ3v) is 2.75. The summed E-state index contributed by atoms with van der Waals surface area (Å²) in [6.07, 6.45) is 1.08. The first kappa shape index (κ1) is 11.2. The van der Waals surface area contributed by atoms with Gasteiger partial charge in [-0.3, -0.25) is 4.57 Å². The highest BCUT2D eigenvalue weighted by atomic mass is 16.5. The van der Waals surface area contributed by atoms with Crippen molar-refractivity contribution in [3.63, 3.8) is 0 Å². The van der Waals surface area contributed by atoms with E-state index in [0.29, 0.717) is 23.5 Å². The zero-order chi connectivity index (χ0) is 12.7. The predicted molar refractivity (Wildman–Crippen MR) is 61.3 cm³/mol. The smallest absolute Gasteiger partial charge is 0.246 e. The number of anilines is 1. The van der Waals surface area contributed by atoms with Gasteiger partial charge in [0.05, 0.1) is 19.5 Å². The number of nitrogens with two attached hydrogens (primary N) is 1. The van der Waals surface area contributed by atoms with Crippen LogP contribution in [0.4, 0.5) is 5.95 Å². The Morgan fingerprint density at radius 2 is 2.39 bits per heavy atom. The monoisotopic (exact) mass is 250 g/mol. The van der Waals surface area contributed by atoms with Crippen molar-refractivity contribution in [3.8, 4) is 5.88 Å². The molecular weight excluding hydrogens is 238 g/mol. The summed E-state index contributed by atoms with van der Waals surface area (Å²) in [6, 6.07) is 0. The van der Waals surface area contributed by atoms with Crippen molar-refractivity contribution in [1.29, 1.82) is 0 Å². The van der Waals surface area contributed by atoms with Crippen LogP contribution in [0.25, 0.3) is 11.2 Å². The molecular formula is C10H12N5O3. The highest BCUT2D eigenvalue weighted by Crippen LogP contribution is 2.30. The summed E-state index contributed by atoms with van der Waals surface area (Å²) >= 11 is 0. The fourth-order valence-corrected chi connectivity index (χ4v) is 1.94. The minimum Gasteiger partial charge on any atom is -0.479 e. The number of fused-ring (bicyclic) bond motifs is 1. The van der Waals surface area contributed by atoms with Crippen LogP contribution in [-0.4, -0.2) is 37.8 Å². The van der Waals surface area contributed by atoms with E-state index >= 15 is 0 Å². The van der Waals surface area contributed by atoms with Gasteiger partial charge in [0.1, 0.15) is 12.8 Å². The molecule has 1 fully saturated rings. The van der Waals surface area contributed by atoms with Crippen LogP contribution in [0.1, 0.15) is 12.6 Å². The number of rotatable bonds is 2. The maximum absolute atomic E-state index is 9.43. The van der Waals surface area contributed by atoms with E-state index in [4.69, 9.17) is 15.2 Å². The van der Waals surface area contributed by atoms with Crippen molar-refractivity contribution < 1.29 is 14.6 Å². The molecule has 3 N–H and O–H groups in total. The van der Waals surface area contributed by atoms with Gasteiger partial charge in [-0.05, 0) is 0 Å². The molecule has 2 aromatic rings. The highest BCUT2D eigenvalue weighted by Gasteiger charge is 2.28. The number of nitrogens with zero attached hydrogens (tertiary/aromatic N) is 4. The van der Waals surface area contributed by atoms with E-state index in [9.17, 15) is 5.11 Å². The molecule has 18 heavy (non-hydrogen) atoms. The molecule has 0 aliphatic carbocycles. The zero-order valence-corrected chi connectivity index (χ0v) is 9.65. The average molecular weight is 250 g/mol. The Bertz CT molecular complexity index is 584. The van der Waals surface area contributed by atoms with Crippen molar-refractivity contribution in [3.05, 3.63) is 12.9 Å². The molecule has 1 saturated heterocycles. The first-order valence-electron chi connectivity index (χ1n) is 5.40. The lowest BCUT2D eigenvalue weighted by Crippen LogP contribution is -2.09. The quantitative estimate of drug-likeness (QED) is 0.763. The number of aliphatic hydroxyl groups is 1. The molecule has 0 amide bonds. The Kier molecular flexibility index (Phi) is 2.53. The second-order valence-corrected chi connectivity index (χ2v) is 3.95. The fraction of sp³-hybridized carbons (Fsp3) is 0.400. The molecule has 0 saturated carbocycles. The number of hydrogen-bond acceptors (Lipinski definition) is 7. The van der Waals surface area contributed by atoms with E-state index in [2.05, 4.69) is 15.0 Å². The molecule has 8 heteroatoms. The summed E-state index contributed by atoms with van der Waals surface area (Å²) in [7, 11) is 1.49. The summed E-state index contributed by atoms with van der Waals surface area (Å²) in [5, 5.41) is 9.43. The summed E-state index contributed by atoms with van der Waals surface area (Å²) < 4.78 is 12.1. The van der Waals surface area contributed by atoms with Crippen molar-refractivity contribution in [2.45, 2.75) is 18.8 Å². The van der Waals surface area contributed by atoms with Crippen LogP contribution in [-0.2, 0) is 4.74 Å². The molecule has 0 spiro atoms. The number of nitrogen functional groups attached to an aromatic ring is 1. The molecule has 8 nitrogen and oxygen atoms in total. The van der Waals surface area contributed by atoms with Crippen LogP contribution in [0.3, 0.4) is 0 Å². The Labute approximate surface area is 102 Å². The summed E-state index contributed by atoms with van der Waals surface area (Å²) in [6.45, 7) is 1.39. The normalized spacial score (nSPS) is 23.7. The lowest BCUT2D eigenvalue weighted by atomic mass is 10.3. The van der Waals surface area contributed by atoms with Crippen LogP contribution in [0.5, 0.6) is 5.88 Å². The first-order chi connectivity index (χ1) is 8.69. The molecule has 2 aromatic heterocycles. The van der Waals surface area contributed by atoms with E-state index in [-0.39, 0.29) is 12.2 Å². The molecule has 3 heterocycles. The van der Waals surface area contributed by atoms with E-state index in [1.54, 1.807) is 10.9 Å². The Balaban J connectivity index is 2.11. The number of aliphatic hydroxyl groups excluding tert-OH is 1. The van der Waals surface area contributed by atoms with E-state index in [1.165, 1.54) is 13.7 Å². The van der Waals surface area contributed by atoms with Crippen LogP contribution >= 0.6 is 0 Å². The van der Waals surface area contributed by atoms with Gasteiger partial charge >= 0.3 is 0 Å². The Hall–Kier alpha value is -1.93. The van der Waals surface area contributed by atoms with Crippen LogP contribution in [0, 0.1) is 6.61 Å². The number of hydrogen-bond donors (Lipinski definition) is 2. The van der Waals surface area contributed by atoms with Gasteiger partial charge in [-0.1, -0.05) is 0 Å². The van der Waals surface area contributed by atoms with Gasteiger partial charge in [-0.25, -0.2) is 4.98 Å². The van der Waals surface area contributed by atoms with Gasteiger partial charge in [-0.15, -0.1) is 0 Å². The van der Waals surface area contributed by atoms with Crippen LogP contribution in [0.2, 0.25) is 0 Å². The van der Waals surface area contributed by atoms with Crippen LogP contribution < -0.4 is 10.5 Å². The summed E-state index contributed by atoms with van der Waals surface area (Å²) in [5.41, 5.74) is 6.64. The summed E-state index contributed by atoms with van der Waals surface area (Å²) in [4.78, 5) is 12.3. The first-order valence-corrected chi connectivity index (χ1v) is 5.40. The SMILES string of the molecule is COc1nc(N)nc2c1ncn2[C@H]1C[C@H](O)[CH]O1. The van der Waals surface area contributed by atoms with Gasteiger partial charge in [0.25, 0.3) is 0 Å². The minimum absolute atomic E-state index is 0.101. The molecule has 1 radical (unpaired) electrons. The molecule has 0 unspecified atom stereocenters. The van der Waals surface area contributed by atoms with Crippen molar-refractivity contribution in [2.75, 3.05) is 12.8 Å². The Morgan fingerprint density at radius 1 is 1.56 bits per heavy atom. The largest absolute Gasteiger partial charge is 0.479 e. The molecule has 0 bridgehead atoms. The van der Waals surface area contributed by atoms with Gasteiger partial charge in [-0.2, -0.15) is 9.97 Å². The lowest BCUT2D eigenvalue weighted by Gasteiger charge is -2.11. The zero-order valence-electron chi connectivity index (χ0n) is 9.65. The number of ether oxygens (including phenoxy) is 2. The maximum atomic E-state index is 9.43. The third kappa shape index (κ3) is 1.66. The van der Waals surface area contributed by atoms with Gasteiger partial charge in [0, 0.05) is 6.42 Å². The summed E-state index contributed by atoms with van der Waals surface area (Å²) in [5.74, 6) is 0.419. The maximum Gasteiger partial charge on any atom is 0.246 e. The second kappa shape index (κ2) is 4.07. The van der Waals surface area contributed by atoms with Gasteiger partial charge in [0.2, 0.25) is 11.8 Å². The van der Waals surface area contributed by atoms with Crippen LogP contribution in [0.15, 0.2) is 6.33 Å². The fourth-order valence-electron chi connectivity index (χ4n) is 1.94. The molecule has 95 valence electrons. The minimum atomic E-state index is -0.589. The van der Waals surface area contributed by atoms with Gasteiger partial charge in [0.15, 0.2) is 11.2 Å². The standard InChI is InChI=1S/C10H12N5O3/c1-17-9-7-8(13-10(11)14-9)15(4-12-7)6-2-5(16)3-18-6/h3-6,16H,2H2,1H3,(H2,11,13,14)/t5-,6+/m0/s1. The van der Waals surface area contributed by atoms with Crippen molar-refractivity contribution >= 4 is 17.1 Å². The van der Waals surface area contributed by atoms with Gasteiger partial charge < -0.3 is 20.3 Å². The number of methoxy groups -OCH3 is 1. The molecule has 3 rings (SSSR count). The highest BCUT2D eigenvalue weighted by molar-refractivity contribution is 5.77. The Morgan fingerprint density at radius 3 is 3.06 bits per heavy atom. The number of aromatic nitrogens is 4. The molecule has 1 aliphatic heterocycles. The lowest BCUT2D eigenvalue weighted by molar-refractivity contribution is 0.0935. The van der Waals surface area contributed by atoms with Crippen molar-refractivity contribution in [2.24, 2.45) is 0 Å². The second-order valence-electron chi connectivity index (χ2n) is 3.95. The van der Waals surface area contributed by atoms with E-state index in [1.807, 2.05) is 0 Å². The third-order valence-electron chi connectivity index (χ3n) is 2.75. The molecule has 0 aromatic carbocycles.